The van der Waals surface area contributed by atoms with Gasteiger partial charge in [-0.05, 0) is 38.0 Å². The SMILES string of the molecule is Cc1cccc2c1C(C=O)CN2C(C)C. The molecule has 0 radical (unpaired) electrons. The standard InChI is InChI=1S/C13H17NO/c1-9(2)14-7-11(8-15)13-10(3)5-4-6-12(13)14/h4-6,8-9,11H,7H2,1-3H3. The molecule has 0 aliphatic carbocycles. The summed E-state index contributed by atoms with van der Waals surface area (Å²) < 4.78 is 0. The third kappa shape index (κ3) is 1.54. The maximum Gasteiger partial charge on any atom is 0.129 e. The van der Waals surface area contributed by atoms with Crippen molar-refractivity contribution in [3.05, 3.63) is 29.3 Å². The van der Waals surface area contributed by atoms with Crippen molar-refractivity contribution in [2.75, 3.05) is 11.4 Å². The van der Waals surface area contributed by atoms with E-state index in [0.717, 1.165) is 12.8 Å². The predicted molar refractivity (Wildman–Crippen MR) is 62.5 cm³/mol. The Hall–Kier alpha value is -1.31. The molecule has 1 aromatic carbocycles. The fraction of sp³-hybridized carbons (Fsp3) is 0.462. The molecule has 1 unspecified atom stereocenters. The van der Waals surface area contributed by atoms with Crippen molar-refractivity contribution in [3.63, 3.8) is 0 Å². The highest BCUT2D eigenvalue weighted by atomic mass is 16.1. The van der Waals surface area contributed by atoms with Gasteiger partial charge in [0.05, 0.1) is 5.92 Å². The largest absolute Gasteiger partial charge is 0.368 e. The van der Waals surface area contributed by atoms with Crippen molar-refractivity contribution in [3.8, 4) is 0 Å². The first-order valence-electron chi connectivity index (χ1n) is 5.46. The lowest BCUT2D eigenvalue weighted by Gasteiger charge is -2.24. The number of hydrogen-bond donors (Lipinski definition) is 0. The number of nitrogens with zero attached hydrogens (tertiary/aromatic N) is 1. The molecule has 80 valence electrons. The van der Waals surface area contributed by atoms with Gasteiger partial charge < -0.3 is 9.69 Å². The zero-order chi connectivity index (χ0) is 11.0. The molecule has 0 saturated heterocycles. The first-order chi connectivity index (χ1) is 7.15. The lowest BCUT2D eigenvalue weighted by atomic mass is 9.98. The van der Waals surface area contributed by atoms with E-state index in [4.69, 9.17) is 0 Å². The third-order valence-corrected chi connectivity index (χ3v) is 3.16. The van der Waals surface area contributed by atoms with Crippen LogP contribution in [0.1, 0.15) is 30.9 Å². The van der Waals surface area contributed by atoms with Crippen LogP contribution in [0.3, 0.4) is 0 Å². The van der Waals surface area contributed by atoms with Gasteiger partial charge in [0.1, 0.15) is 6.29 Å². The normalized spacial score (nSPS) is 19.5. The molecule has 1 aliphatic heterocycles. The summed E-state index contributed by atoms with van der Waals surface area (Å²) in [5, 5.41) is 0. The van der Waals surface area contributed by atoms with E-state index in [1.54, 1.807) is 0 Å². The molecule has 0 saturated carbocycles. The van der Waals surface area contributed by atoms with Crippen molar-refractivity contribution in [2.24, 2.45) is 0 Å². The summed E-state index contributed by atoms with van der Waals surface area (Å²) in [7, 11) is 0. The summed E-state index contributed by atoms with van der Waals surface area (Å²) in [6.07, 6.45) is 1.08. The summed E-state index contributed by atoms with van der Waals surface area (Å²) in [4.78, 5) is 13.4. The highest BCUT2D eigenvalue weighted by Crippen LogP contribution is 2.38. The zero-order valence-electron chi connectivity index (χ0n) is 9.53. The molecule has 2 rings (SSSR count). The van der Waals surface area contributed by atoms with Gasteiger partial charge in [0.25, 0.3) is 0 Å². The molecule has 0 spiro atoms. The van der Waals surface area contributed by atoms with Crippen molar-refractivity contribution >= 4 is 12.0 Å². The van der Waals surface area contributed by atoms with Crippen LogP contribution in [-0.4, -0.2) is 18.9 Å². The number of fused-ring (bicyclic) bond motifs is 1. The highest BCUT2D eigenvalue weighted by Gasteiger charge is 2.30. The topological polar surface area (TPSA) is 20.3 Å². The van der Waals surface area contributed by atoms with Gasteiger partial charge >= 0.3 is 0 Å². The zero-order valence-corrected chi connectivity index (χ0v) is 9.53. The number of anilines is 1. The summed E-state index contributed by atoms with van der Waals surface area (Å²) in [6, 6.07) is 6.72. The molecule has 0 N–H and O–H groups in total. The van der Waals surface area contributed by atoms with Gasteiger partial charge in [-0.3, -0.25) is 0 Å². The summed E-state index contributed by atoms with van der Waals surface area (Å²) in [6.45, 7) is 7.25. The first-order valence-corrected chi connectivity index (χ1v) is 5.46. The minimum atomic E-state index is 0.0589. The van der Waals surface area contributed by atoms with Gasteiger partial charge in [0, 0.05) is 18.3 Å². The van der Waals surface area contributed by atoms with Gasteiger partial charge in [0.2, 0.25) is 0 Å². The van der Waals surface area contributed by atoms with E-state index in [0.29, 0.717) is 6.04 Å². The predicted octanol–water partition coefficient (Wildman–Crippen LogP) is 2.51. The van der Waals surface area contributed by atoms with Crippen LogP contribution in [-0.2, 0) is 4.79 Å². The molecule has 0 fully saturated rings. The molecule has 2 heteroatoms. The Labute approximate surface area is 90.9 Å². The van der Waals surface area contributed by atoms with E-state index in [1.807, 2.05) is 0 Å². The van der Waals surface area contributed by atoms with Gasteiger partial charge in [-0.1, -0.05) is 12.1 Å². The van der Waals surface area contributed by atoms with E-state index < -0.39 is 0 Å². The molecule has 1 atom stereocenters. The smallest absolute Gasteiger partial charge is 0.129 e. The molecule has 0 bridgehead atoms. The molecule has 0 amide bonds. The average molecular weight is 203 g/mol. The Kier molecular flexibility index (Phi) is 2.51. The first kappa shape index (κ1) is 10.2. The molecule has 1 aliphatic rings. The number of benzene rings is 1. The maximum absolute atomic E-state index is 11.1. The molecular weight excluding hydrogens is 186 g/mol. The molecule has 1 aromatic rings. The van der Waals surface area contributed by atoms with Gasteiger partial charge in [-0.15, -0.1) is 0 Å². The lowest BCUT2D eigenvalue weighted by molar-refractivity contribution is -0.108. The van der Waals surface area contributed by atoms with Gasteiger partial charge in [-0.2, -0.15) is 0 Å². The molecule has 15 heavy (non-hydrogen) atoms. The fourth-order valence-corrected chi connectivity index (χ4v) is 2.40. The van der Waals surface area contributed by atoms with Crippen molar-refractivity contribution in [1.29, 1.82) is 0 Å². The van der Waals surface area contributed by atoms with E-state index in [-0.39, 0.29) is 5.92 Å². The number of hydrogen-bond acceptors (Lipinski definition) is 2. The molecule has 0 aromatic heterocycles. The van der Waals surface area contributed by atoms with Crippen molar-refractivity contribution in [1.82, 2.24) is 0 Å². The van der Waals surface area contributed by atoms with Crippen molar-refractivity contribution < 1.29 is 4.79 Å². The third-order valence-electron chi connectivity index (χ3n) is 3.16. The van der Waals surface area contributed by atoms with Gasteiger partial charge in [0.15, 0.2) is 0 Å². The average Bonchev–Trinajstić information content (AvgIpc) is 2.58. The Balaban J connectivity index is 2.52. The number of aryl methyl sites for hydroxylation is 1. The van der Waals surface area contributed by atoms with E-state index in [2.05, 4.69) is 43.9 Å². The Bertz CT molecular complexity index is 384. The maximum atomic E-state index is 11.1. The number of rotatable bonds is 2. The second-order valence-corrected chi connectivity index (χ2v) is 4.50. The monoisotopic (exact) mass is 203 g/mol. The number of carbonyl (C=O) groups is 1. The summed E-state index contributed by atoms with van der Waals surface area (Å²) >= 11 is 0. The Morgan fingerprint density at radius 1 is 1.47 bits per heavy atom. The van der Waals surface area contributed by atoms with Crippen molar-refractivity contribution in [2.45, 2.75) is 32.7 Å². The molecular formula is C13H17NO. The van der Waals surface area contributed by atoms with Gasteiger partial charge in [-0.25, -0.2) is 0 Å². The molecule has 2 nitrogen and oxygen atoms in total. The van der Waals surface area contributed by atoms with Crippen LogP contribution in [0.5, 0.6) is 0 Å². The summed E-state index contributed by atoms with van der Waals surface area (Å²) in [5.74, 6) is 0.0589. The second-order valence-electron chi connectivity index (χ2n) is 4.50. The number of carbonyl (C=O) groups excluding carboxylic acids is 1. The van der Waals surface area contributed by atoms with Crippen LogP contribution in [0.2, 0.25) is 0 Å². The van der Waals surface area contributed by atoms with Crippen LogP contribution in [0.4, 0.5) is 5.69 Å². The van der Waals surface area contributed by atoms with E-state index in [9.17, 15) is 4.79 Å². The van der Waals surface area contributed by atoms with Crippen LogP contribution < -0.4 is 4.90 Å². The van der Waals surface area contributed by atoms with Crippen LogP contribution >= 0.6 is 0 Å². The minimum absolute atomic E-state index is 0.0589. The van der Waals surface area contributed by atoms with Crippen LogP contribution in [0.25, 0.3) is 0 Å². The van der Waals surface area contributed by atoms with E-state index >= 15 is 0 Å². The Morgan fingerprint density at radius 3 is 2.80 bits per heavy atom. The second kappa shape index (κ2) is 3.69. The molecule has 1 heterocycles. The highest BCUT2D eigenvalue weighted by molar-refractivity contribution is 5.76. The Morgan fingerprint density at radius 2 is 2.20 bits per heavy atom. The van der Waals surface area contributed by atoms with Crippen LogP contribution in [0, 0.1) is 6.92 Å². The lowest BCUT2D eigenvalue weighted by Crippen LogP contribution is -2.29. The van der Waals surface area contributed by atoms with Crippen LogP contribution in [0.15, 0.2) is 18.2 Å². The van der Waals surface area contributed by atoms with E-state index in [1.165, 1.54) is 16.8 Å². The number of aldehydes is 1. The quantitative estimate of drug-likeness (QED) is 0.688. The fourth-order valence-electron chi connectivity index (χ4n) is 2.40. The minimum Gasteiger partial charge on any atom is -0.368 e. The summed E-state index contributed by atoms with van der Waals surface area (Å²) in [5.41, 5.74) is 3.69.